The van der Waals surface area contributed by atoms with Crippen molar-refractivity contribution in [3.8, 4) is 0 Å². The molecule has 1 aliphatic rings. The molecule has 0 radical (unpaired) electrons. The molecule has 0 saturated heterocycles. The van der Waals surface area contributed by atoms with E-state index in [2.05, 4.69) is 24.2 Å². The predicted octanol–water partition coefficient (Wildman–Crippen LogP) is 1.95. The summed E-state index contributed by atoms with van der Waals surface area (Å²) in [5, 5.41) is 12.6. The zero-order chi connectivity index (χ0) is 11.1. The molecule has 1 atom stereocenters. The molecule has 0 spiro atoms. The SMILES string of the molecule is COCc1nc(C2(CO)CC2(C)C)cs1. The van der Waals surface area contributed by atoms with Crippen molar-refractivity contribution < 1.29 is 9.84 Å². The summed E-state index contributed by atoms with van der Waals surface area (Å²) >= 11 is 1.61. The maximum absolute atomic E-state index is 9.52. The number of aliphatic hydroxyl groups excluding tert-OH is 1. The molecular formula is C11H17NO2S. The first-order valence-electron chi connectivity index (χ1n) is 5.10. The van der Waals surface area contributed by atoms with Gasteiger partial charge in [-0.1, -0.05) is 13.8 Å². The van der Waals surface area contributed by atoms with Gasteiger partial charge in [-0.25, -0.2) is 4.98 Å². The number of hydrogen-bond acceptors (Lipinski definition) is 4. The molecule has 1 aromatic heterocycles. The first-order valence-corrected chi connectivity index (χ1v) is 5.98. The maximum atomic E-state index is 9.52. The summed E-state index contributed by atoms with van der Waals surface area (Å²) in [5.74, 6) is 0. The number of nitrogens with zero attached hydrogens (tertiary/aromatic N) is 1. The molecule has 1 unspecified atom stereocenters. The molecule has 0 bridgehead atoms. The van der Waals surface area contributed by atoms with Gasteiger partial charge in [-0.05, 0) is 11.8 Å². The van der Waals surface area contributed by atoms with E-state index in [1.165, 1.54) is 0 Å². The Labute approximate surface area is 94.1 Å². The first-order chi connectivity index (χ1) is 7.05. The topological polar surface area (TPSA) is 42.4 Å². The molecule has 4 heteroatoms. The monoisotopic (exact) mass is 227 g/mol. The van der Waals surface area contributed by atoms with Crippen molar-refractivity contribution in [3.05, 3.63) is 16.1 Å². The van der Waals surface area contributed by atoms with Crippen molar-refractivity contribution in [3.63, 3.8) is 0 Å². The van der Waals surface area contributed by atoms with Crippen LogP contribution in [0.3, 0.4) is 0 Å². The summed E-state index contributed by atoms with van der Waals surface area (Å²) in [5.41, 5.74) is 1.11. The number of rotatable bonds is 4. The molecule has 84 valence electrons. The Balaban J connectivity index is 2.22. The first kappa shape index (κ1) is 11.0. The summed E-state index contributed by atoms with van der Waals surface area (Å²) in [6, 6.07) is 0. The van der Waals surface area contributed by atoms with Crippen LogP contribution in [0.5, 0.6) is 0 Å². The molecule has 1 fully saturated rings. The van der Waals surface area contributed by atoms with Gasteiger partial charge in [0.25, 0.3) is 0 Å². The quantitative estimate of drug-likeness (QED) is 0.855. The fraction of sp³-hybridized carbons (Fsp3) is 0.727. The van der Waals surface area contributed by atoms with Crippen molar-refractivity contribution in [1.29, 1.82) is 0 Å². The fourth-order valence-corrected chi connectivity index (χ4v) is 3.08. The Kier molecular flexibility index (Phi) is 2.61. The Morgan fingerprint density at radius 2 is 2.27 bits per heavy atom. The van der Waals surface area contributed by atoms with E-state index in [0.717, 1.165) is 17.1 Å². The zero-order valence-corrected chi connectivity index (χ0v) is 10.2. The molecule has 2 rings (SSSR count). The summed E-state index contributed by atoms with van der Waals surface area (Å²) in [7, 11) is 1.67. The Bertz CT molecular complexity index is 361. The van der Waals surface area contributed by atoms with E-state index < -0.39 is 0 Å². The van der Waals surface area contributed by atoms with Crippen LogP contribution in [0.1, 0.15) is 31.0 Å². The van der Waals surface area contributed by atoms with Crippen LogP contribution in [0.25, 0.3) is 0 Å². The van der Waals surface area contributed by atoms with Gasteiger partial charge in [-0.2, -0.15) is 0 Å². The number of hydrogen-bond donors (Lipinski definition) is 1. The summed E-state index contributed by atoms with van der Waals surface area (Å²) in [4.78, 5) is 4.53. The van der Waals surface area contributed by atoms with Crippen molar-refractivity contribution in [1.82, 2.24) is 4.98 Å². The van der Waals surface area contributed by atoms with E-state index >= 15 is 0 Å². The Hall–Kier alpha value is -0.450. The molecule has 0 aliphatic heterocycles. The van der Waals surface area contributed by atoms with Crippen molar-refractivity contribution in [2.24, 2.45) is 5.41 Å². The predicted molar refractivity (Wildman–Crippen MR) is 60.0 cm³/mol. The van der Waals surface area contributed by atoms with Crippen LogP contribution in [0, 0.1) is 5.41 Å². The van der Waals surface area contributed by atoms with Gasteiger partial charge in [0.2, 0.25) is 0 Å². The Morgan fingerprint density at radius 3 is 2.73 bits per heavy atom. The third kappa shape index (κ3) is 1.61. The lowest BCUT2D eigenvalue weighted by Crippen LogP contribution is -2.19. The lowest BCUT2D eigenvalue weighted by atomic mass is 9.94. The molecule has 3 nitrogen and oxygen atoms in total. The highest BCUT2D eigenvalue weighted by Gasteiger charge is 2.63. The highest BCUT2D eigenvalue weighted by atomic mass is 32.1. The van der Waals surface area contributed by atoms with E-state index in [9.17, 15) is 5.11 Å². The number of aromatic nitrogens is 1. The number of thiazole rings is 1. The third-order valence-electron chi connectivity index (χ3n) is 3.49. The molecule has 1 aliphatic carbocycles. The zero-order valence-electron chi connectivity index (χ0n) is 9.41. The molecule has 1 saturated carbocycles. The van der Waals surface area contributed by atoms with Crippen LogP contribution in [0.15, 0.2) is 5.38 Å². The third-order valence-corrected chi connectivity index (χ3v) is 4.32. The van der Waals surface area contributed by atoms with Crippen molar-refractivity contribution in [2.75, 3.05) is 13.7 Å². The van der Waals surface area contributed by atoms with E-state index in [1.54, 1.807) is 18.4 Å². The van der Waals surface area contributed by atoms with E-state index in [-0.39, 0.29) is 17.4 Å². The van der Waals surface area contributed by atoms with Crippen LogP contribution >= 0.6 is 11.3 Å². The van der Waals surface area contributed by atoms with Gasteiger partial charge in [0.1, 0.15) is 5.01 Å². The molecule has 1 N–H and O–H groups in total. The number of methoxy groups -OCH3 is 1. The summed E-state index contributed by atoms with van der Waals surface area (Å²) in [6.45, 7) is 5.11. The van der Waals surface area contributed by atoms with Crippen LogP contribution < -0.4 is 0 Å². The Morgan fingerprint density at radius 1 is 1.60 bits per heavy atom. The average molecular weight is 227 g/mol. The lowest BCUT2D eigenvalue weighted by Gasteiger charge is -2.14. The summed E-state index contributed by atoms with van der Waals surface area (Å²) in [6.07, 6.45) is 1.02. The van der Waals surface area contributed by atoms with E-state index in [0.29, 0.717) is 6.61 Å². The molecule has 1 heterocycles. The largest absolute Gasteiger partial charge is 0.395 e. The highest BCUT2D eigenvalue weighted by Crippen LogP contribution is 2.63. The average Bonchev–Trinajstić information content (AvgIpc) is 2.59. The second-order valence-corrected chi connectivity index (χ2v) is 5.80. The van der Waals surface area contributed by atoms with Gasteiger partial charge in [-0.3, -0.25) is 0 Å². The van der Waals surface area contributed by atoms with Crippen molar-refractivity contribution in [2.45, 2.75) is 32.3 Å². The second-order valence-electron chi connectivity index (χ2n) is 4.86. The van der Waals surface area contributed by atoms with Gasteiger partial charge in [0, 0.05) is 17.9 Å². The number of ether oxygens (including phenoxy) is 1. The van der Waals surface area contributed by atoms with Crippen molar-refractivity contribution >= 4 is 11.3 Å². The minimum atomic E-state index is -0.102. The van der Waals surface area contributed by atoms with E-state index in [4.69, 9.17) is 4.74 Å². The number of aliphatic hydroxyl groups is 1. The fourth-order valence-electron chi connectivity index (χ4n) is 2.22. The van der Waals surface area contributed by atoms with Gasteiger partial charge < -0.3 is 9.84 Å². The van der Waals surface area contributed by atoms with Crippen LogP contribution in [-0.2, 0) is 16.8 Å². The van der Waals surface area contributed by atoms with Crippen LogP contribution in [-0.4, -0.2) is 23.8 Å². The van der Waals surface area contributed by atoms with E-state index in [1.807, 2.05) is 0 Å². The molecule has 15 heavy (non-hydrogen) atoms. The van der Waals surface area contributed by atoms with Gasteiger partial charge in [0.05, 0.1) is 18.9 Å². The minimum absolute atomic E-state index is 0.102. The normalized spacial score (nSPS) is 28.0. The molecule has 1 aromatic rings. The standard InChI is InChI=1S/C11H17NO2S/c1-10(2)6-11(10,7-13)8-5-15-9(12-8)4-14-3/h5,13H,4,6-7H2,1-3H3. The molecular weight excluding hydrogens is 210 g/mol. The van der Waals surface area contributed by atoms with Gasteiger partial charge >= 0.3 is 0 Å². The summed E-state index contributed by atoms with van der Waals surface area (Å²) < 4.78 is 5.05. The molecule has 0 aromatic carbocycles. The lowest BCUT2D eigenvalue weighted by molar-refractivity contribution is 0.183. The maximum Gasteiger partial charge on any atom is 0.119 e. The van der Waals surface area contributed by atoms with Gasteiger partial charge in [-0.15, -0.1) is 11.3 Å². The smallest absolute Gasteiger partial charge is 0.119 e. The second kappa shape index (κ2) is 3.54. The molecule has 0 amide bonds. The van der Waals surface area contributed by atoms with Crippen LogP contribution in [0.4, 0.5) is 0 Å². The highest BCUT2D eigenvalue weighted by molar-refractivity contribution is 7.09. The minimum Gasteiger partial charge on any atom is -0.395 e. The van der Waals surface area contributed by atoms with Crippen LogP contribution in [0.2, 0.25) is 0 Å². The van der Waals surface area contributed by atoms with Gasteiger partial charge in [0.15, 0.2) is 0 Å².